The van der Waals surface area contributed by atoms with Crippen LogP contribution in [0.15, 0.2) is 9.59 Å². The van der Waals surface area contributed by atoms with Gasteiger partial charge in [0.2, 0.25) is 0 Å². The summed E-state index contributed by atoms with van der Waals surface area (Å²) in [7, 11) is 0. The van der Waals surface area contributed by atoms with Crippen LogP contribution in [0, 0.1) is 0 Å². The molecule has 7 nitrogen and oxygen atoms in total. The third-order valence-electron chi connectivity index (χ3n) is 2.58. The molecule has 2 aromatic heterocycles. The molecule has 2 heterocycles. The first-order valence-corrected chi connectivity index (χ1v) is 5.09. The van der Waals surface area contributed by atoms with Crippen LogP contribution in [0.25, 0.3) is 11.0 Å². The highest BCUT2D eigenvalue weighted by Crippen LogP contribution is 2.10. The molecular weight excluding hydrogens is 210 g/mol. The van der Waals surface area contributed by atoms with Crippen LogP contribution in [0.1, 0.15) is 13.8 Å². The van der Waals surface area contributed by atoms with Crippen LogP contribution in [-0.4, -0.2) is 19.3 Å². The molecule has 0 radical (unpaired) electrons. The van der Waals surface area contributed by atoms with Crippen molar-refractivity contribution in [3.05, 3.63) is 20.8 Å². The van der Waals surface area contributed by atoms with E-state index in [-0.39, 0.29) is 16.9 Å². The second-order valence-electron chi connectivity index (χ2n) is 3.41. The Morgan fingerprint density at radius 3 is 2.44 bits per heavy atom. The summed E-state index contributed by atoms with van der Waals surface area (Å²) in [4.78, 5) is 23.8. The molecule has 0 aromatic carbocycles. The maximum Gasteiger partial charge on any atom is 0.332 e. The van der Waals surface area contributed by atoms with Gasteiger partial charge in [-0.1, -0.05) is 0 Å². The quantitative estimate of drug-likeness (QED) is 0.717. The van der Waals surface area contributed by atoms with Crippen molar-refractivity contribution < 1.29 is 0 Å². The summed E-state index contributed by atoms with van der Waals surface area (Å²) in [5.74, 6) is 0.199. The van der Waals surface area contributed by atoms with E-state index in [9.17, 15) is 9.59 Å². The predicted molar refractivity (Wildman–Crippen MR) is 60.4 cm³/mol. The summed E-state index contributed by atoms with van der Waals surface area (Å²) in [5.41, 5.74) is 5.20. The van der Waals surface area contributed by atoms with Gasteiger partial charge >= 0.3 is 5.69 Å². The van der Waals surface area contributed by atoms with Crippen LogP contribution >= 0.6 is 0 Å². The minimum Gasteiger partial charge on any atom is -0.383 e. The van der Waals surface area contributed by atoms with Crippen molar-refractivity contribution in [2.24, 2.45) is 0 Å². The summed E-state index contributed by atoms with van der Waals surface area (Å²) >= 11 is 0. The lowest BCUT2D eigenvalue weighted by atomic mass is 10.4. The third-order valence-corrected chi connectivity index (χ3v) is 2.58. The largest absolute Gasteiger partial charge is 0.383 e. The molecule has 0 spiro atoms. The van der Waals surface area contributed by atoms with Crippen molar-refractivity contribution in [2.45, 2.75) is 26.9 Å². The second-order valence-corrected chi connectivity index (χ2v) is 3.41. The van der Waals surface area contributed by atoms with Crippen LogP contribution in [0.4, 0.5) is 5.82 Å². The topological polar surface area (TPSA) is 98.7 Å². The van der Waals surface area contributed by atoms with Crippen molar-refractivity contribution in [1.82, 2.24) is 19.3 Å². The number of H-pyrrole nitrogens is 1. The Balaban J connectivity index is 3.09. The summed E-state index contributed by atoms with van der Waals surface area (Å²) in [6.07, 6.45) is 0. The number of rotatable bonds is 2. The predicted octanol–water partition coefficient (Wildman–Crippen LogP) is -0.492. The normalized spacial score (nSPS) is 11.1. The van der Waals surface area contributed by atoms with E-state index < -0.39 is 5.56 Å². The van der Waals surface area contributed by atoms with Crippen LogP contribution < -0.4 is 17.0 Å². The van der Waals surface area contributed by atoms with Gasteiger partial charge in [-0.2, -0.15) is 5.10 Å². The summed E-state index contributed by atoms with van der Waals surface area (Å²) < 4.78 is 2.57. The summed E-state index contributed by atoms with van der Waals surface area (Å²) in [6.45, 7) is 4.32. The van der Waals surface area contributed by atoms with Crippen LogP contribution in [-0.2, 0) is 13.1 Å². The zero-order chi connectivity index (χ0) is 11.9. The molecule has 3 N–H and O–H groups in total. The van der Waals surface area contributed by atoms with Crippen LogP contribution in [0.2, 0.25) is 0 Å². The highest BCUT2D eigenvalue weighted by Gasteiger charge is 2.15. The van der Waals surface area contributed by atoms with E-state index in [0.717, 1.165) is 4.57 Å². The number of hydrogen-bond donors (Lipinski definition) is 2. The molecule has 0 aliphatic carbocycles. The third kappa shape index (κ3) is 1.17. The Labute approximate surface area is 90.5 Å². The van der Waals surface area contributed by atoms with E-state index in [1.54, 1.807) is 6.92 Å². The number of nitrogens with zero attached hydrogens (tertiary/aromatic N) is 3. The maximum atomic E-state index is 11.9. The number of aromatic amines is 1. The minimum atomic E-state index is -0.390. The number of nitrogens with one attached hydrogen (secondary N) is 1. The Hall–Kier alpha value is -2.05. The van der Waals surface area contributed by atoms with Gasteiger partial charge < -0.3 is 5.73 Å². The molecule has 0 saturated carbocycles. The van der Waals surface area contributed by atoms with Crippen LogP contribution in [0.3, 0.4) is 0 Å². The van der Waals surface area contributed by atoms with E-state index in [2.05, 4.69) is 10.2 Å². The first kappa shape index (κ1) is 10.5. The Morgan fingerprint density at radius 2 is 1.88 bits per heavy atom. The fourth-order valence-electron chi connectivity index (χ4n) is 1.77. The molecule has 2 aromatic rings. The van der Waals surface area contributed by atoms with Gasteiger partial charge in [-0.25, -0.2) is 4.79 Å². The van der Waals surface area contributed by atoms with Gasteiger partial charge in [0, 0.05) is 13.1 Å². The second kappa shape index (κ2) is 3.51. The van der Waals surface area contributed by atoms with E-state index in [1.165, 1.54) is 4.57 Å². The van der Waals surface area contributed by atoms with Crippen molar-refractivity contribution in [3.63, 3.8) is 0 Å². The van der Waals surface area contributed by atoms with E-state index in [0.29, 0.717) is 18.7 Å². The van der Waals surface area contributed by atoms with Crippen molar-refractivity contribution >= 4 is 16.9 Å². The van der Waals surface area contributed by atoms with Crippen LogP contribution in [0.5, 0.6) is 0 Å². The molecule has 0 aliphatic heterocycles. The first-order valence-electron chi connectivity index (χ1n) is 5.09. The van der Waals surface area contributed by atoms with Gasteiger partial charge in [0.15, 0.2) is 5.65 Å². The smallest absolute Gasteiger partial charge is 0.332 e. The monoisotopic (exact) mass is 223 g/mol. The first-order chi connectivity index (χ1) is 7.61. The van der Waals surface area contributed by atoms with Gasteiger partial charge in [-0.05, 0) is 13.8 Å². The molecule has 0 aliphatic rings. The molecular formula is C9H13N5O2. The van der Waals surface area contributed by atoms with Gasteiger partial charge in [-0.3, -0.25) is 19.0 Å². The summed E-state index contributed by atoms with van der Waals surface area (Å²) in [5, 5.41) is 6.69. The Kier molecular flexibility index (Phi) is 2.30. The van der Waals surface area contributed by atoms with Crippen molar-refractivity contribution in [2.75, 3.05) is 5.73 Å². The van der Waals surface area contributed by atoms with Gasteiger partial charge in [-0.15, -0.1) is 0 Å². The molecule has 7 heteroatoms. The maximum absolute atomic E-state index is 11.9. The fraction of sp³-hybridized carbons (Fsp3) is 0.444. The summed E-state index contributed by atoms with van der Waals surface area (Å²) in [6, 6.07) is 0. The number of anilines is 1. The lowest BCUT2D eigenvalue weighted by Crippen LogP contribution is -2.39. The molecule has 0 amide bonds. The molecule has 2 rings (SSSR count). The highest BCUT2D eigenvalue weighted by atomic mass is 16.2. The highest BCUT2D eigenvalue weighted by molar-refractivity contribution is 5.84. The number of nitrogen functional groups attached to an aromatic ring is 1. The number of nitrogens with two attached hydrogens (primary N) is 1. The Bertz CT molecular complexity index is 648. The standard InChI is InChI=1S/C9H13N5O2/c1-3-13-7-5(6(10)11-12-7)8(15)14(4-2)9(13)16/h3-4H2,1-2H3,(H3,10,11,12). The number of hydrogen-bond acceptors (Lipinski definition) is 4. The van der Waals surface area contributed by atoms with Gasteiger partial charge in [0.1, 0.15) is 11.2 Å². The zero-order valence-electron chi connectivity index (χ0n) is 9.15. The molecule has 0 bridgehead atoms. The van der Waals surface area contributed by atoms with E-state index in [4.69, 9.17) is 5.73 Å². The van der Waals surface area contributed by atoms with Crippen molar-refractivity contribution in [1.29, 1.82) is 0 Å². The molecule has 16 heavy (non-hydrogen) atoms. The minimum absolute atomic E-state index is 0.199. The van der Waals surface area contributed by atoms with E-state index in [1.807, 2.05) is 6.92 Å². The van der Waals surface area contributed by atoms with Gasteiger partial charge in [0.25, 0.3) is 5.56 Å². The molecule has 86 valence electrons. The SMILES string of the molecule is CCn1c(=O)c2c(N)[nH]nc2n(CC)c1=O. The lowest BCUT2D eigenvalue weighted by Gasteiger charge is -2.07. The molecule has 0 saturated heterocycles. The average Bonchev–Trinajstić information content (AvgIpc) is 2.62. The Morgan fingerprint density at radius 1 is 1.25 bits per heavy atom. The zero-order valence-corrected chi connectivity index (χ0v) is 9.15. The molecule has 0 unspecified atom stereocenters. The van der Waals surface area contributed by atoms with E-state index >= 15 is 0 Å². The number of aryl methyl sites for hydroxylation is 1. The fourth-order valence-corrected chi connectivity index (χ4v) is 1.77. The number of fused-ring (bicyclic) bond motifs is 1. The van der Waals surface area contributed by atoms with Gasteiger partial charge in [0.05, 0.1) is 0 Å². The lowest BCUT2D eigenvalue weighted by molar-refractivity contribution is 0.606. The number of aromatic nitrogens is 4. The average molecular weight is 223 g/mol. The molecule has 0 atom stereocenters. The molecule has 0 fully saturated rings. The van der Waals surface area contributed by atoms with Crippen molar-refractivity contribution in [3.8, 4) is 0 Å².